The lowest BCUT2D eigenvalue weighted by Gasteiger charge is -2.05. The SMILES string of the molecule is COCC(C)CS(N)=O. The third-order valence-electron chi connectivity index (χ3n) is 0.900. The van der Waals surface area contributed by atoms with Crippen molar-refractivity contribution in [1.82, 2.24) is 0 Å². The Bertz CT molecular complexity index is 97.0. The van der Waals surface area contributed by atoms with Gasteiger partial charge in [-0.2, -0.15) is 0 Å². The van der Waals surface area contributed by atoms with E-state index in [1.54, 1.807) is 7.11 Å². The highest BCUT2D eigenvalue weighted by Crippen LogP contribution is 1.94. The van der Waals surface area contributed by atoms with Crippen molar-refractivity contribution >= 4 is 11.0 Å². The molecule has 3 nitrogen and oxygen atoms in total. The van der Waals surface area contributed by atoms with E-state index in [2.05, 4.69) is 0 Å². The van der Waals surface area contributed by atoms with Gasteiger partial charge in [-0.1, -0.05) is 6.92 Å². The average molecular weight is 151 g/mol. The lowest BCUT2D eigenvalue weighted by molar-refractivity contribution is 0.168. The van der Waals surface area contributed by atoms with Gasteiger partial charge in [-0.15, -0.1) is 0 Å². The van der Waals surface area contributed by atoms with Gasteiger partial charge in [-0.05, 0) is 5.92 Å². The Kier molecular flexibility index (Phi) is 4.94. The number of hydrogen-bond acceptors (Lipinski definition) is 2. The molecule has 2 atom stereocenters. The van der Waals surface area contributed by atoms with Gasteiger partial charge in [0.2, 0.25) is 0 Å². The van der Waals surface area contributed by atoms with E-state index >= 15 is 0 Å². The summed E-state index contributed by atoms with van der Waals surface area (Å²) in [6.07, 6.45) is 0. The molecule has 0 aliphatic rings. The standard InChI is InChI=1S/C5H13NO2S/c1-5(3-8-2)4-9(6)7/h5H,3-4,6H2,1-2H3. The zero-order valence-electron chi connectivity index (χ0n) is 5.79. The van der Waals surface area contributed by atoms with Crippen molar-refractivity contribution in [3.63, 3.8) is 0 Å². The van der Waals surface area contributed by atoms with Crippen molar-refractivity contribution in [1.29, 1.82) is 0 Å². The summed E-state index contributed by atoms with van der Waals surface area (Å²) in [5.41, 5.74) is 0. The van der Waals surface area contributed by atoms with Gasteiger partial charge < -0.3 is 4.74 Å². The normalized spacial score (nSPS) is 17.2. The van der Waals surface area contributed by atoms with Crippen LogP contribution in [0.3, 0.4) is 0 Å². The number of methoxy groups -OCH3 is 1. The molecule has 0 fully saturated rings. The molecule has 0 radical (unpaired) electrons. The minimum atomic E-state index is -1.18. The van der Waals surface area contributed by atoms with Gasteiger partial charge in [0, 0.05) is 19.5 Å². The summed E-state index contributed by atoms with van der Waals surface area (Å²) in [7, 11) is 0.444. The topological polar surface area (TPSA) is 52.3 Å². The Labute approximate surface area is 58.2 Å². The second-order valence-electron chi connectivity index (χ2n) is 2.11. The molecule has 9 heavy (non-hydrogen) atoms. The molecule has 0 aromatic heterocycles. The van der Waals surface area contributed by atoms with Gasteiger partial charge >= 0.3 is 0 Å². The number of nitrogens with two attached hydrogens (primary N) is 1. The van der Waals surface area contributed by atoms with Gasteiger partial charge in [-0.25, -0.2) is 4.21 Å². The van der Waals surface area contributed by atoms with Crippen LogP contribution in [-0.2, 0) is 15.7 Å². The molecule has 0 aliphatic heterocycles. The van der Waals surface area contributed by atoms with E-state index in [0.717, 1.165) is 0 Å². The largest absolute Gasteiger partial charge is 0.384 e. The fraction of sp³-hybridized carbons (Fsp3) is 1.00. The van der Waals surface area contributed by atoms with E-state index in [1.807, 2.05) is 6.92 Å². The third kappa shape index (κ3) is 5.95. The molecule has 0 rings (SSSR count). The molecule has 0 spiro atoms. The van der Waals surface area contributed by atoms with Gasteiger partial charge in [0.1, 0.15) is 0 Å². The summed E-state index contributed by atoms with van der Waals surface area (Å²) in [6, 6.07) is 0. The van der Waals surface area contributed by atoms with E-state index in [4.69, 9.17) is 9.88 Å². The maximum Gasteiger partial charge on any atom is 0.0891 e. The van der Waals surface area contributed by atoms with Crippen LogP contribution in [0.1, 0.15) is 6.92 Å². The summed E-state index contributed by atoms with van der Waals surface area (Å²) >= 11 is 0. The molecule has 4 heteroatoms. The molecule has 2 unspecified atom stereocenters. The van der Waals surface area contributed by atoms with Crippen molar-refractivity contribution in [2.75, 3.05) is 19.5 Å². The van der Waals surface area contributed by atoms with Crippen molar-refractivity contribution in [2.24, 2.45) is 11.1 Å². The Morgan fingerprint density at radius 3 is 2.67 bits per heavy atom. The fourth-order valence-corrected chi connectivity index (χ4v) is 1.27. The monoisotopic (exact) mass is 151 g/mol. The Morgan fingerprint density at radius 1 is 1.78 bits per heavy atom. The maximum atomic E-state index is 10.4. The zero-order valence-corrected chi connectivity index (χ0v) is 6.61. The maximum absolute atomic E-state index is 10.4. The molecule has 0 saturated heterocycles. The molecule has 0 saturated carbocycles. The van der Waals surface area contributed by atoms with E-state index < -0.39 is 11.0 Å². The first-order valence-electron chi connectivity index (χ1n) is 2.78. The summed E-state index contributed by atoms with van der Waals surface area (Å²) in [5, 5.41) is 5.04. The molecule has 0 heterocycles. The fourth-order valence-electron chi connectivity index (χ4n) is 0.613. The molecular weight excluding hydrogens is 138 g/mol. The van der Waals surface area contributed by atoms with Crippen LogP contribution in [0.5, 0.6) is 0 Å². The quantitative estimate of drug-likeness (QED) is 0.609. The summed E-state index contributed by atoms with van der Waals surface area (Å²) in [5.74, 6) is 0.814. The summed E-state index contributed by atoms with van der Waals surface area (Å²) in [6.45, 7) is 2.58. The van der Waals surface area contributed by atoms with Crippen LogP contribution >= 0.6 is 0 Å². The van der Waals surface area contributed by atoms with E-state index in [0.29, 0.717) is 18.3 Å². The summed E-state index contributed by atoms with van der Waals surface area (Å²) in [4.78, 5) is 0. The lowest BCUT2D eigenvalue weighted by Crippen LogP contribution is -2.17. The Morgan fingerprint density at radius 2 is 2.33 bits per heavy atom. The number of rotatable bonds is 4. The van der Waals surface area contributed by atoms with Crippen LogP contribution in [-0.4, -0.2) is 23.7 Å². The first-order chi connectivity index (χ1) is 4.16. The molecule has 0 aliphatic carbocycles. The minimum absolute atomic E-state index is 0.292. The first-order valence-corrected chi connectivity index (χ1v) is 4.16. The van der Waals surface area contributed by atoms with Crippen molar-refractivity contribution in [3.8, 4) is 0 Å². The summed E-state index contributed by atoms with van der Waals surface area (Å²) < 4.78 is 15.2. The molecule has 56 valence electrons. The van der Waals surface area contributed by atoms with Crippen LogP contribution in [0.2, 0.25) is 0 Å². The highest BCUT2D eigenvalue weighted by atomic mass is 32.2. The zero-order chi connectivity index (χ0) is 7.28. The van der Waals surface area contributed by atoms with Gasteiger partial charge in [0.15, 0.2) is 0 Å². The predicted molar refractivity (Wildman–Crippen MR) is 38.2 cm³/mol. The van der Waals surface area contributed by atoms with E-state index in [9.17, 15) is 4.21 Å². The second kappa shape index (κ2) is 4.90. The Balaban J connectivity index is 3.26. The van der Waals surface area contributed by atoms with Crippen LogP contribution < -0.4 is 5.14 Å². The molecule has 2 N–H and O–H groups in total. The van der Waals surface area contributed by atoms with E-state index in [-0.39, 0.29) is 0 Å². The van der Waals surface area contributed by atoms with Gasteiger partial charge in [0.05, 0.1) is 11.0 Å². The average Bonchev–Trinajstić information content (AvgIpc) is 1.63. The van der Waals surface area contributed by atoms with Crippen LogP contribution in [0.4, 0.5) is 0 Å². The van der Waals surface area contributed by atoms with Crippen molar-refractivity contribution in [3.05, 3.63) is 0 Å². The minimum Gasteiger partial charge on any atom is -0.384 e. The third-order valence-corrected chi connectivity index (χ3v) is 1.80. The van der Waals surface area contributed by atoms with Crippen LogP contribution in [0.25, 0.3) is 0 Å². The Hall–Kier alpha value is 0.0700. The molecular formula is C5H13NO2S. The number of hydrogen-bond donors (Lipinski definition) is 1. The highest BCUT2D eigenvalue weighted by Gasteiger charge is 2.02. The van der Waals surface area contributed by atoms with E-state index in [1.165, 1.54) is 0 Å². The predicted octanol–water partition coefficient (Wildman–Crippen LogP) is -0.109. The number of ether oxygens (including phenoxy) is 1. The second-order valence-corrected chi connectivity index (χ2v) is 3.20. The lowest BCUT2D eigenvalue weighted by atomic mass is 10.2. The van der Waals surface area contributed by atoms with Crippen LogP contribution in [0, 0.1) is 5.92 Å². The van der Waals surface area contributed by atoms with Gasteiger partial charge in [-0.3, -0.25) is 5.14 Å². The van der Waals surface area contributed by atoms with Crippen molar-refractivity contribution < 1.29 is 8.95 Å². The van der Waals surface area contributed by atoms with Crippen LogP contribution in [0.15, 0.2) is 0 Å². The molecule has 0 bridgehead atoms. The molecule has 0 amide bonds. The highest BCUT2D eigenvalue weighted by molar-refractivity contribution is 7.82. The molecule has 0 aromatic carbocycles. The van der Waals surface area contributed by atoms with Gasteiger partial charge in [0.25, 0.3) is 0 Å². The molecule has 0 aromatic rings. The van der Waals surface area contributed by atoms with Crippen molar-refractivity contribution in [2.45, 2.75) is 6.92 Å². The first kappa shape index (κ1) is 9.07. The smallest absolute Gasteiger partial charge is 0.0891 e.